The number of carboxylic acid groups (broad SMARTS) is 2. The Balaban J connectivity index is -0.00000462. The van der Waals surface area contributed by atoms with E-state index in [0.717, 1.165) is 12.4 Å². The summed E-state index contributed by atoms with van der Waals surface area (Å²) in [6.45, 7) is -1.58. The number of hydrogen-bond acceptors (Lipinski definition) is 15. The van der Waals surface area contributed by atoms with Gasteiger partial charge in [-0.3, -0.25) is 28.9 Å². The molecular formula is C22H27MnN4Na3O14P2-2. The molecule has 0 aliphatic rings. The molecule has 2 aromatic rings. The quantitative estimate of drug-likeness (QED) is 0.0997. The third-order valence-corrected chi connectivity index (χ3v) is 6.70. The Morgan fingerprint density at radius 1 is 0.783 bits per heavy atom. The average Bonchev–Trinajstić information content (AvgIpc) is 2.85. The zero-order valence-electron chi connectivity index (χ0n) is 25.7. The predicted octanol–water partition coefficient (Wildman–Crippen LogP) is -13.4. The summed E-state index contributed by atoms with van der Waals surface area (Å²) in [5.74, 6) is -4.45. The molecule has 18 nitrogen and oxygen atoms in total. The van der Waals surface area contributed by atoms with Crippen LogP contribution in [-0.2, 0) is 71.1 Å². The summed E-state index contributed by atoms with van der Waals surface area (Å²) in [6.07, 6.45) is 2.25. The standard InChI is InChI=1S/C22H32N4O14P2.Mn.3Na/c1-13-21(31)17(15(5-23-13)11-39-41(33,34)35)7-25(9-19(27)28)3-4-26(10-20(29)30)8-18-16(12-40-42(36,37)38)6-24-14(2)22(18)32;;;;/h5-6,31-32H,3-4,7-12H2,1-2H3,(H,27,28)(H,29,30)(H2,33,34,35)(H2,36,37,38);;;;/q;;3*+1/p-5. The molecule has 0 amide bonds. The van der Waals surface area contributed by atoms with E-state index in [1.54, 1.807) is 0 Å². The van der Waals surface area contributed by atoms with E-state index in [2.05, 4.69) is 19.0 Å². The number of aromatic nitrogens is 2. The number of phosphoric acid groups is 2. The molecule has 24 heteroatoms. The van der Waals surface area contributed by atoms with E-state index in [0.29, 0.717) is 0 Å². The van der Waals surface area contributed by atoms with Gasteiger partial charge in [-0.25, -0.2) is 4.57 Å². The number of phosphoric ester groups is 2. The van der Waals surface area contributed by atoms with Crippen molar-refractivity contribution in [1.29, 1.82) is 0 Å². The molecule has 0 fully saturated rings. The second kappa shape index (κ2) is 23.1. The van der Waals surface area contributed by atoms with Crippen LogP contribution in [0.25, 0.3) is 0 Å². The topological polar surface area (TPSA) is 295 Å². The van der Waals surface area contributed by atoms with E-state index < -0.39 is 78.5 Å². The van der Waals surface area contributed by atoms with Crippen molar-refractivity contribution in [2.45, 2.75) is 40.2 Å². The van der Waals surface area contributed by atoms with Crippen molar-refractivity contribution in [3.05, 3.63) is 46.0 Å². The number of hydrogen-bond donors (Lipinski definition) is 3. The second-order valence-corrected chi connectivity index (χ2v) is 11.5. The van der Waals surface area contributed by atoms with Gasteiger partial charge < -0.3 is 54.1 Å². The molecule has 1 radical (unpaired) electrons. The van der Waals surface area contributed by atoms with Crippen LogP contribution in [0.1, 0.15) is 33.6 Å². The van der Waals surface area contributed by atoms with Crippen molar-refractivity contribution in [3.8, 4) is 11.5 Å². The molecule has 2 rings (SSSR count). The molecule has 0 aromatic carbocycles. The third-order valence-electron chi connectivity index (χ3n) is 5.78. The third kappa shape index (κ3) is 18.5. The van der Waals surface area contributed by atoms with Crippen molar-refractivity contribution in [1.82, 2.24) is 19.8 Å². The largest absolute Gasteiger partial charge is 1.00 e. The number of aliphatic carboxylic acids is 2. The Labute approximate surface area is 341 Å². The first-order valence-corrected chi connectivity index (χ1v) is 14.9. The number of aryl methyl sites for hydroxylation is 2. The van der Waals surface area contributed by atoms with E-state index in [4.69, 9.17) is 14.7 Å². The van der Waals surface area contributed by atoms with E-state index in [9.17, 15) is 44.0 Å². The number of carboxylic acids is 2. The monoisotopic (exact) mass is 757 g/mol. The SMILES string of the molecule is Cc1ncc(COP(=O)([O-])O)c(CN(CCN(CC(=O)[O-])Cc2c(COP(=O)(O)O)cnc(C)c2[O-])CC(=O)[O-])c1[O-].[Mn].[Na+].[Na+].[Na+]. The normalized spacial score (nSPS) is 12.3. The van der Waals surface area contributed by atoms with E-state index in [1.807, 2.05) is 0 Å². The van der Waals surface area contributed by atoms with Crippen LogP contribution in [0.5, 0.6) is 11.5 Å². The van der Waals surface area contributed by atoms with Crippen LogP contribution in [0.2, 0.25) is 0 Å². The van der Waals surface area contributed by atoms with Gasteiger partial charge in [-0.15, -0.1) is 0 Å². The maximum atomic E-state index is 12.8. The number of rotatable bonds is 17. The molecule has 0 saturated heterocycles. The van der Waals surface area contributed by atoms with Crippen LogP contribution < -0.4 is 114 Å². The molecule has 3 N–H and O–H groups in total. The minimum Gasteiger partial charge on any atom is -0.871 e. The van der Waals surface area contributed by atoms with Gasteiger partial charge in [0.1, 0.15) is 0 Å². The molecule has 1 unspecified atom stereocenters. The minimum atomic E-state index is -5.18. The van der Waals surface area contributed by atoms with Gasteiger partial charge in [-0.1, -0.05) is 11.5 Å². The Bertz CT molecular complexity index is 1300. The summed E-state index contributed by atoms with van der Waals surface area (Å²) < 4.78 is 31.0. The van der Waals surface area contributed by atoms with Gasteiger partial charge in [-0.05, 0) is 25.0 Å². The number of pyridine rings is 2. The zero-order chi connectivity index (χ0) is 31.8. The van der Waals surface area contributed by atoms with Crippen molar-refractivity contribution >= 4 is 27.6 Å². The van der Waals surface area contributed by atoms with Crippen molar-refractivity contribution < 1.29 is 174 Å². The summed E-state index contributed by atoms with van der Waals surface area (Å²) in [4.78, 5) is 71.0. The minimum absolute atomic E-state index is 0. The summed E-state index contributed by atoms with van der Waals surface area (Å²) in [5, 5.41) is 48.5. The molecule has 0 aliphatic carbocycles. The number of carbonyl (C=O) groups excluding carboxylic acids is 2. The zero-order valence-corrected chi connectivity index (χ0v) is 34.7. The van der Waals surface area contributed by atoms with Crippen LogP contribution in [0.3, 0.4) is 0 Å². The Morgan fingerprint density at radius 3 is 1.43 bits per heavy atom. The molecule has 0 bridgehead atoms. The van der Waals surface area contributed by atoms with Gasteiger partial charge >= 0.3 is 96.5 Å². The molecule has 46 heavy (non-hydrogen) atoms. The number of carbonyl (C=O) groups is 2. The van der Waals surface area contributed by atoms with Crippen LogP contribution in [0, 0.1) is 13.8 Å². The van der Waals surface area contributed by atoms with Gasteiger partial charge in [0.15, 0.2) is 0 Å². The fourth-order valence-electron chi connectivity index (χ4n) is 3.77. The summed E-state index contributed by atoms with van der Waals surface area (Å²) in [7, 11) is -10.1. The van der Waals surface area contributed by atoms with Crippen molar-refractivity contribution in [2.75, 3.05) is 26.2 Å². The first kappa shape index (κ1) is 50.9. The van der Waals surface area contributed by atoms with Gasteiger partial charge in [0.25, 0.3) is 7.82 Å². The number of nitrogens with zero attached hydrogens (tertiary/aromatic N) is 4. The second-order valence-electron chi connectivity index (χ2n) is 9.02. The maximum Gasteiger partial charge on any atom is 1.00 e. The van der Waals surface area contributed by atoms with Crippen molar-refractivity contribution in [3.63, 3.8) is 0 Å². The van der Waals surface area contributed by atoms with Crippen LogP contribution in [0.4, 0.5) is 0 Å². The molecule has 0 saturated carbocycles. The molecule has 0 aliphatic heterocycles. The fourth-order valence-corrected chi connectivity index (χ4v) is 4.38. The van der Waals surface area contributed by atoms with E-state index in [1.165, 1.54) is 23.6 Å². The Hall–Kier alpha value is 0.499. The Morgan fingerprint density at radius 2 is 1.13 bits per heavy atom. The van der Waals surface area contributed by atoms with E-state index in [-0.39, 0.29) is 152 Å². The molecule has 241 valence electrons. The van der Waals surface area contributed by atoms with Crippen molar-refractivity contribution in [2.24, 2.45) is 0 Å². The average molecular weight is 757 g/mol. The van der Waals surface area contributed by atoms with Crippen LogP contribution in [-0.4, -0.2) is 72.6 Å². The fraction of sp³-hybridized carbons (Fsp3) is 0.455. The molecule has 2 aromatic heterocycles. The predicted molar refractivity (Wildman–Crippen MR) is 129 cm³/mol. The van der Waals surface area contributed by atoms with Crippen LogP contribution in [0.15, 0.2) is 12.4 Å². The molecule has 0 spiro atoms. The van der Waals surface area contributed by atoms with Gasteiger partial charge in [-0.2, -0.15) is 0 Å². The molecule has 1 atom stereocenters. The van der Waals surface area contributed by atoms with Gasteiger partial charge in [0, 0.05) is 91.2 Å². The molecular weight excluding hydrogens is 730 g/mol. The first-order chi connectivity index (χ1) is 19.4. The summed E-state index contributed by atoms with van der Waals surface area (Å²) in [6, 6.07) is 0. The molecule has 2 heterocycles. The van der Waals surface area contributed by atoms with Gasteiger partial charge in [0.2, 0.25) is 0 Å². The Kier molecular flexibility index (Phi) is 25.5. The summed E-state index contributed by atoms with van der Waals surface area (Å²) in [5.41, 5.74) is -0.280. The summed E-state index contributed by atoms with van der Waals surface area (Å²) >= 11 is 0. The maximum absolute atomic E-state index is 12.8. The smallest absolute Gasteiger partial charge is 0.871 e. The van der Waals surface area contributed by atoms with Crippen LogP contribution >= 0.6 is 15.6 Å². The van der Waals surface area contributed by atoms with Gasteiger partial charge in [0.05, 0.1) is 25.2 Å². The first-order valence-electron chi connectivity index (χ1n) is 11.9. The van der Waals surface area contributed by atoms with E-state index >= 15 is 0 Å².